The van der Waals surface area contributed by atoms with Crippen molar-refractivity contribution >= 4 is 21.8 Å². The largest absolute Gasteiger partial charge is 0.356 e. The third-order valence-electron chi connectivity index (χ3n) is 4.42. The molecular formula is C14H21BrN4O. The number of carbonyl (C=O) groups excluding carboxylic acids is 1. The summed E-state index contributed by atoms with van der Waals surface area (Å²) in [6, 6.07) is 2.71. The Labute approximate surface area is 127 Å². The van der Waals surface area contributed by atoms with Gasteiger partial charge in [0.15, 0.2) is 0 Å². The molecular weight excluding hydrogens is 320 g/mol. The van der Waals surface area contributed by atoms with E-state index in [1.54, 1.807) is 6.20 Å². The Morgan fingerprint density at radius 3 is 2.70 bits per heavy atom. The maximum absolute atomic E-state index is 12.4. The normalized spacial score (nSPS) is 25.3. The zero-order valence-electron chi connectivity index (χ0n) is 11.5. The molecule has 2 fully saturated rings. The van der Waals surface area contributed by atoms with Gasteiger partial charge in [-0.25, -0.2) is 0 Å². The number of likely N-dealkylation sites (tertiary alicyclic amines) is 2. The van der Waals surface area contributed by atoms with Gasteiger partial charge in [0.25, 0.3) is 5.91 Å². The lowest BCUT2D eigenvalue weighted by atomic mass is 10.0. The van der Waals surface area contributed by atoms with Crippen LogP contribution in [0, 0.1) is 0 Å². The molecule has 1 aromatic heterocycles. The van der Waals surface area contributed by atoms with Gasteiger partial charge < -0.3 is 15.6 Å². The van der Waals surface area contributed by atoms with Gasteiger partial charge in [-0.05, 0) is 54.3 Å². The van der Waals surface area contributed by atoms with E-state index in [-0.39, 0.29) is 5.91 Å². The number of carbonyl (C=O) groups is 1. The van der Waals surface area contributed by atoms with Crippen LogP contribution in [0.2, 0.25) is 0 Å². The van der Waals surface area contributed by atoms with Crippen molar-refractivity contribution in [3.8, 4) is 0 Å². The molecule has 3 heterocycles. The molecule has 3 N–H and O–H groups in total. The summed E-state index contributed by atoms with van der Waals surface area (Å²) in [6.45, 7) is 3.83. The van der Waals surface area contributed by atoms with E-state index in [0.29, 0.717) is 17.8 Å². The van der Waals surface area contributed by atoms with Crippen LogP contribution in [0.4, 0.5) is 0 Å². The summed E-state index contributed by atoms with van der Waals surface area (Å²) in [6.07, 6.45) is 5.03. The summed E-state index contributed by atoms with van der Waals surface area (Å²) in [5, 5.41) is 0. The molecule has 6 heteroatoms. The summed E-state index contributed by atoms with van der Waals surface area (Å²) >= 11 is 3.37. The number of nitrogens with two attached hydrogens (primary N) is 1. The predicted octanol–water partition coefficient (Wildman–Crippen LogP) is 1.41. The van der Waals surface area contributed by atoms with Crippen molar-refractivity contribution in [2.75, 3.05) is 26.2 Å². The molecule has 0 aliphatic carbocycles. The maximum atomic E-state index is 12.4. The lowest BCUT2D eigenvalue weighted by Crippen LogP contribution is -2.46. The summed E-state index contributed by atoms with van der Waals surface area (Å²) in [5.74, 6) is 0.104. The van der Waals surface area contributed by atoms with Crippen molar-refractivity contribution in [2.45, 2.75) is 31.3 Å². The molecule has 1 atom stereocenters. The molecule has 0 spiro atoms. The molecule has 3 rings (SSSR count). The zero-order chi connectivity index (χ0) is 14.1. The van der Waals surface area contributed by atoms with Gasteiger partial charge in [0.2, 0.25) is 0 Å². The molecule has 2 aliphatic rings. The molecule has 1 amide bonds. The first-order valence-corrected chi connectivity index (χ1v) is 8.05. The summed E-state index contributed by atoms with van der Waals surface area (Å²) in [4.78, 5) is 19.8. The van der Waals surface area contributed by atoms with Crippen LogP contribution in [-0.2, 0) is 0 Å². The van der Waals surface area contributed by atoms with Crippen molar-refractivity contribution in [2.24, 2.45) is 5.73 Å². The highest BCUT2D eigenvalue weighted by Crippen LogP contribution is 2.22. The quantitative estimate of drug-likeness (QED) is 0.855. The first-order chi connectivity index (χ1) is 9.63. The van der Waals surface area contributed by atoms with Crippen LogP contribution in [0.1, 0.15) is 29.8 Å². The number of H-pyrrole nitrogens is 1. The number of aromatic nitrogens is 1. The summed E-state index contributed by atoms with van der Waals surface area (Å²) in [5.41, 5.74) is 6.61. The predicted molar refractivity (Wildman–Crippen MR) is 81.6 cm³/mol. The second kappa shape index (κ2) is 5.87. The fraction of sp³-hybridized carbons (Fsp3) is 0.643. The Hall–Kier alpha value is -0.850. The van der Waals surface area contributed by atoms with E-state index in [1.807, 2.05) is 11.0 Å². The molecule has 5 nitrogen and oxygen atoms in total. The molecule has 1 unspecified atom stereocenters. The molecule has 20 heavy (non-hydrogen) atoms. The number of halogens is 1. The monoisotopic (exact) mass is 340 g/mol. The highest BCUT2D eigenvalue weighted by atomic mass is 79.9. The minimum Gasteiger partial charge on any atom is -0.356 e. The number of hydrogen-bond donors (Lipinski definition) is 2. The van der Waals surface area contributed by atoms with E-state index in [1.165, 1.54) is 0 Å². The number of piperidine rings is 1. The average Bonchev–Trinajstić information content (AvgIpc) is 3.08. The van der Waals surface area contributed by atoms with E-state index in [2.05, 4.69) is 25.8 Å². The fourth-order valence-corrected chi connectivity index (χ4v) is 3.51. The highest BCUT2D eigenvalue weighted by Gasteiger charge is 2.32. The van der Waals surface area contributed by atoms with E-state index in [9.17, 15) is 4.79 Å². The van der Waals surface area contributed by atoms with Crippen molar-refractivity contribution in [1.82, 2.24) is 14.8 Å². The number of aromatic amines is 1. The molecule has 0 saturated carbocycles. The van der Waals surface area contributed by atoms with Gasteiger partial charge in [-0.15, -0.1) is 0 Å². The molecule has 110 valence electrons. The van der Waals surface area contributed by atoms with Gasteiger partial charge in [0.1, 0.15) is 5.69 Å². The van der Waals surface area contributed by atoms with Gasteiger partial charge in [0.05, 0.1) is 0 Å². The van der Waals surface area contributed by atoms with Gasteiger partial charge in [-0.3, -0.25) is 9.69 Å². The van der Waals surface area contributed by atoms with Crippen LogP contribution in [0.5, 0.6) is 0 Å². The zero-order valence-corrected chi connectivity index (χ0v) is 13.1. The summed E-state index contributed by atoms with van der Waals surface area (Å²) < 4.78 is 0.918. The SMILES string of the molecule is NC1CCN(C2CCN(C(=O)c3cc(Br)c[nH]3)C2)CC1. The number of rotatable bonds is 2. The van der Waals surface area contributed by atoms with Crippen LogP contribution in [0.15, 0.2) is 16.7 Å². The van der Waals surface area contributed by atoms with E-state index in [4.69, 9.17) is 5.73 Å². The van der Waals surface area contributed by atoms with Crippen molar-refractivity contribution in [3.05, 3.63) is 22.4 Å². The Balaban J connectivity index is 1.58. The minimum atomic E-state index is 0.104. The number of amides is 1. The number of nitrogens with one attached hydrogen (secondary N) is 1. The van der Waals surface area contributed by atoms with Crippen LogP contribution < -0.4 is 5.73 Å². The lowest BCUT2D eigenvalue weighted by molar-refractivity contribution is 0.0764. The second-order valence-corrected chi connectivity index (χ2v) is 6.71. The Morgan fingerprint density at radius 2 is 2.05 bits per heavy atom. The van der Waals surface area contributed by atoms with Gasteiger partial charge in [0, 0.05) is 35.8 Å². The standard InChI is InChI=1S/C14H21BrN4O/c15-10-7-13(17-8-10)14(20)19-6-3-12(9-19)18-4-1-11(16)2-5-18/h7-8,11-12,17H,1-6,9,16H2. The smallest absolute Gasteiger partial charge is 0.270 e. The third kappa shape index (κ3) is 2.92. The fourth-order valence-electron chi connectivity index (χ4n) is 3.17. The molecule has 0 aromatic carbocycles. The van der Waals surface area contributed by atoms with E-state index < -0.39 is 0 Å². The summed E-state index contributed by atoms with van der Waals surface area (Å²) in [7, 11) is 0. The molecule has 2 saturated heterocycles. The Morgan fingerprint density at radius 1 is 1.30 bits per heavy atom. The van der Waals surface area contributed by atoms with E-state index in [0.717, 1.165) is 49.9 Å². The lowest BCUT2D eigenvalue weighted by Gasteiger charge is -2.34. The number of hydrogen-bond acceptors (Lipinski definition) is 3. The van der Waals surface area contributed by atoms with Gasteiger partial charge in [-0.1, -0.05) is 0 Å². The molecule has 0 bridgehead atoms. The first-order valence-electron chi connectivity index (χ1n) is 7.26. The van der Waals surface area contributed by atoms with Crippen LogP contribution in [0.3, 0.4) is 0 Å². The van der Waals surface area contributed by atoms with Gasteiger partial charge >= 0.3 is 0 Å². The van der Waals surface area contributed by atoms with Crippen molar-refractivity contribution in [1.29, 1.82) is 0 Å². The van der Waals surface area contributed by atoms with E-state index >= 15 is 0 Å². The van der Waals surface area contributed by atoms with Crippen LogP contribution >= 0.6 is 15.9 Å². The van der Waals surface area contributed by atoms with Crippen LogP contribution in [-0.4, -0.2) is 59.0 Å². The molecule has 1 aromatic rings. The second-order valence-electron chi connectivity index (χ2n) is 5.80. The first kappa shape index (κ1) is 14.1. The van der Waals surface area contributed by atoms with Gasteiger partial charge in [-0.2, -0.15) is 0 Å². The number of nitrogens with zero attached hydrogens (tertiary/aromatic N) is 2. The highest BCUT2D eigenvalue weighted by molar-refractivity contribution is 9.10. The molecule has 0 radical (unpaired) electrons. The van der Waals surface area contributed by atoms with Crippen molar-refractivity contribution < 1.29 is 4.79 Å². The van der Waals surface area contributed by atoms with Crippen molar-refractivity contribution in [3.63, 3.8) is 0 Å². The molecule has 2 aliphatic heterocycles. The average molecular weight is 341 g/mol. The maximum Gasteiger partial charge on any atom is 0.270 e. The Bertz CT molecular complexity index is 481. The van der Waals surface area contributed by atoms with Crippen LogP contribution in [0.25, 0.3) is 0 Å². The Kier molecular flexibility index (Phi) is 4.14. The third-order valence-corrected chi connectivity index (χ3v) is 4.88. The topological polar surface area (TPSA) is 65.4 Å². The minimum absolute atomic E-state index is 0.104.